The number of amides is 1. The van der Waals surface area contributed by atoms with Crippen LogP contribution in [0, 0.1) is 6.92 Å². The highest BCUT2D eigenvalue weighted by Crippen LogP contribution is 2.25. The van der Waals surface area contributed by atoms with Gasteiger partial charge in [0, 0.05) is 5.56 Å². The van der Waals surface area contributed by atoms with Crippen LogP contribution in [0.5, 0.6) is 5.75 Å². The first-order valence-corrected chi connectivity index (χ1v) is 10.8. The molecule has 0 radical (unpaired) electrons. The monoisotopic (exact) mass is 430 g/mol. The van der Waals surface area contributed by atoms with E-state index in [0.717, 1.165) is 16.2 Å². The molecule has 4 aromatic rings. The maximum atomic E-state index is 12.3. The van der Waals surface area contributed by atoms with E-state index in [2.05, 4.69) is 46.3 Å². The van der Waals surface area contributed by atoms with E-state index in [4.69, 9.17) is 4.98 Å². The van der Waals surface area contributed by atoms with Crippen molar-refractivity contribution in [2.45, 2.75) is 18.6 Å². The Labute approximate surface area is 184 Å². The van der Waals surface area contributed by atoms with E-state index >= 15 is 0 Å². The number of aromatic nitrogens is 2. The van der Waals surface area contributed by atoms with Gasteiger partial charge in [0.25, 0.3) is 5.91 Å². The normalized spacial score (nSPS) is 11.3. The number of hydrogen-bond donors (Lipinski definition) is 2. The van der Waals surface area contributed by atoms with Crippen molar-refractivity contribution < 1.29 is 9.90 Å². The summed E-state index contributed by atoms with van der Waals surface area (Å²) in [5.41, 5.74) is 7.36. The molecule has 0 aliphatic carbocycles. The number of hydrazone groups is 1. The summed E-state index contributed by atoms with van der Waals surface area (Å²) in [6.45, 7) is 2.74. The zero-order valence-electron chi connectivity index (χ0n) is 17.0. The fraction of sp³-hybridized carbons (Fsp3) is 0.125. The van der Waals surface area contributed by atoms with Crippen molar-refractivity contribution >= 4 is 34.9 Å². The maximum Gasteiger partial charge on any atom is 0.250 e. The minimum atomic E-state index is -0.245. The number of phenols is 1. The molecular weight excluding hydrogens is 408 g/mol. The van der Waals surface area contributed by atoms with E-state index in [9.17, 15) is 9.90 Å². The summed E-state index contributed by atoms with van der Waals surface area (Å²) >= 11 is 1.37. The molecule has 31 heavy (non-hydrogen) atoms. The molecule has 0 saturated heterocycles. The number of carbonyl (C=O) groups excluding carboxylic acids is 1. The first-order chi connectivity index (χ1) is 15.1. The average molecular weight is 431 g/mol. The van der Waals surface area contributed by atoms with Gasteiger partial charge >= 0.3 is 0 Å². The maximum absolute atomic E-state index is 12.3. The van der Waals surface area contributed by atoms with E-state index in [0.29, 0.717) is 12.1 Å². The summed E-state index contributed by atoms with van der Waals surface area (Å²) in [4.78, 5) is 17.0. The summed E-state index contributed by atoms with van der Waals surface area (Å²) in [6.07, 6.45) is 1.42. The predicted octanol–water partition coefficient (Wildman–Crippen LogP) is 4.34. The number of nitrogens with one attached hydrogen (secondary N) is 1. The lowest BCUT2D eigenvalue weighted by Crippen LogP contribution is -2.20. The lowest BCUT2D eigenvalue weighted by Gasteiger charge is -2.09. The first kappa shape index (κ1) is 20.7. The van der Waals surface area contributed by atoms with E-state index in [-0.39, 0.29) is 17.4 Å². The molecule has 4 rings (SSSR count). The Hall–Kier alpha value is -3.58. The zero-order chi connectivity index (χ0) is 21.6. The molecule has 0 spiro atoms. The molecule has 1 heterocycles. The van der Waals surface area contributed by atoms with E-state index in [1.165, 1.54) is 29.1 Å². The molecule has 0 aliphatic heterocycles. The standard InChI is InChI=1S/C24H22N4O2S/c1-17-10-12-18(13-11-17)15-28-21-8-4-3-7-20(21)26-24(28)31-16-23(30)27-25-14-19-6-2-5-9-22(19)29/h2-14,29H,15-16H2,1H3,(H,27,30)/b25-14-. The second kappa shape index (κ2) is 9.49. The lowest BCUT2D eigenvalue weighted by molar-refractivity contribution is -0.118. The van der Waals surface area contributed by atoms with E-state index in [1.807, 2.05) is 24.3 Å². The van der Waals surface area contributed by atoms with Gasteiger partial charge in [0.1, 0.15) is 5.75 Å². The van der Waals surface area contributed by atoms with E-state index < -0.39 is 0 Å². The first-order valence-electron chi connectivity index (χ1n) is 9.83. The van der Waals surface area contributed by atoms with Crippen LogP contribution in [0.1, 0.15) is 16.7 Å². The van der Waals surface area contributed by atoms with Crippen LogP contribution < -0.4 is 5.43 Å². The fourth-order valence-electron chi connectivity index (χ4n) is 3.13. The largest absolute Gasteiger partial charge is 0.507 e. The minimum Gasteiger partial charge on any atom is -0.507 e. The number of carbonyl (C=O) groups is 1. The van der Waals surface area contributed by atoms with Crippen LogP contribution >= 0.6 is 11.8 Å². The van der Waals surface area contributed by atoms with Crippen LogP contribution in [0.25, 0.3) is 11.0 Å². The molecule has 0 aliphatic rings. The third kappa shape index (κ3) is 5.13. The van der Waals surface area contributed by atoms with Gasteiger partial charge in [0.2, 0.25) is 0 Å². The number of fused-ring (bicyclic) bond motifs is 1. The van der Waals surface area contributed by atoms with Crippen LogP contribution in [0.15, 0.2) is 83.1 Å². The Morgan fingerprint density at radius 1 is 1.10 bits per heavy atom. The number of benzene rings is 3. The van der Waals surface area contributed by atoms with Crippen molar-refractivity contribution in [3.05, 3.63) is 89.5 Å². The molecular formula is C24H22N4O2S. The third-order valence-corrected chi connectivity index (χ3v) is 5.72. The number of rotatable bonds is 7. The van der Waals surface area contributed by atoms with Crippen LogP contribution in [-0.4, -0.2) is 32.5 Å². The topological polar surface area (TPSA) is 79.5 Å². The highest BCUT2D eigenvalue weighted by molar-refractivity contribution is 7.99. The van der Waals surface area contributed by atoms with Crippen molar-refractivity contribution in [3.63, 3.8) is 0 Å². The van der Waals surface area contributed by atoms with Gasteiger partial charge in [-0.25, -0.2) is 10.4 Å². The fourth-order valence-corrected chi connectivity index (χ4v) is 3.93. The Kier molecular flexibility index (Phi) is 6.33. The van der Waals surface area contributed by atoms with Gasteiger partial charge in [0.05, 0.1) is 29.5 Å². The quantitative estimate of drug-likeness (QED) is 0.260. The predicted molar refractivity (Wildman–Crippen MR) is 125 cm³/mol. The smallest absolute Gasteiger partial charge is 0.250 e. The SMILES string of the molecule is Cc1ccc(Cn2c(SCC(=O)N/N=C\c3ccccc3O)nc3ccccc32)cc1. The molecule has 3 aromatic carbocycles. The number of thioether (sulfide) groups is 1. The van der Waals surface area contributed by atoms with Gasteiger partial charge in [-0.1, -0.05) is 65.9 Å². The zero-order valence-corrected chi connectivity index (χ0v) is 17.8. The van der Waals surface area contributed by atoms with Crippen molar-refractivity contribution in [1.82, 2.24) is 15.0 Å². The molecule has 0 unspecified atom stereocenters. The summed E-state index contributed by atoms with van der Waals surface area (Å²) < 4.78 is 2.13. The third-order valence-electron chi connectivity index (χ3n) is 4.74. The van der Waals surface area contributed by atoms with Gasteiger partial charge in [-0.3, -0.25) is 4.79 Å². The Bertz CT molecular complexity index is 1230. The van der Waals surface area contributed by atoms with Crippen LogP contribution in [0.4, 0.5) is 0 Å². The number of nitrogens with zero attached hydrogens (tertiary/aromatic N) is 3. The van der Waals surface area contributed by atoms with Crippen molar-refractivity contribution in [3.8, 4) is 5.75 Å². The molecule has 6 nitrogen and oxygen atoms in total. The molecule has 156 valence electrons. The summed E-state index contributed by atoms with van der Waals surface area (Å²) in [5, 5.41) is 14.5. The van der Waals surface area contributed by atoms with Gasteiger partial charge in [0.15, 0.2) is 5.16 Å². The van der Waals surface area contributed by atoms with Crippen LogP contribution in [0.3, 0.4) is 0 Å². The average Bonchev–Trinajstić information content (AvgIpc) is 3.12. The molecule has 1 amide bonds. The summed E-state index contributed by atoms with van der Waals surface area (Å²) in [5.74, 6) is 0.0420. The van der Waals surface area contributed by atoms with Gasteiger partial charge < -0.3 is 9.67 Å². The number of aromatic hydroxyl groups is 1. The summed E-state index contributed by atoms with van der Waals surface area (Å²) in [7, 11) is 0. The van der Waals surface area contributed by atoms with Gasteiger partial charge in [-0.15, -0.1) is 0 Å². The highest BCUT2D eigenvalue weighted by atomic mass is 32.2. The number of para-hydroxylation sites is 3. The van der Waals surface area contributed by atoms with Gasteiger partial charge in [-0.2, -0.15) is 5.10 Å². The number of hydrogen-bond acceptors (Lipinski definition) is 5. The highest BCUT2D eigenvalue weighted by Gasteiger charge is 2.13. The van der Waals surface area contributed by atoms with Crippen LogP contribution in [-0.2, 0) is 11.3 Å². The number of aryl methyl sites for hydroxylation is 1. The second-order valence-electron chi connectivity index (χ2n) is 7.10. The second-order valence-corrected chi connectivity index (χ2v) is 8.04. The van der Waals surface area contributed by atoms with E-state index in [1.54, 1.807) is 24.3 Å². The Morgan fingerprint density at radius 2 is 1.84 bits per heavy atom. The molecule has 0 saturated carbocycles. The number of imidazole rings is 1. The molecule has 0 atom stereocenters. The molecule has 0 fully saturated rings. The van der Waals surface area contributed by atoms with Gasteiger partial charge in [-0.05, 0) is 36.8 Å². The number of phenolic OH excluding ortho intramolecular Hbond substituents is 1. The van der Waals surface area contributed by atoms with Crippen molar-refractivity contribution in [1.29, 1.82) is 0 Å². The molecule has 7 heteroatoms. The minimum absolute atomic E-state index is 0.111. The van der Waals surface area contributed by atoms with Crippen molar-refractivity contribution in [2.75, 3.05) is 5.75 Å². The molecule has 0 bridgehead atoms. The Morgan fingerprint density at radius 3 is 2.65 bits per heavy atom. The lowest BCUT2D eigenvalue weighted by atomic mass is 10.1. The van der Waals surface area contributed by atoms with Crippen molar-refractivity contribution in [2.24, 2.45) is 5.10 Å². The molecule has 1 aromatic heterocycles. The Balaban J connectivity index is 1.46. The van der Waals surface area contributed by atoms with Crippen LogP contribution in [0.2, 0.25) is 0 Å². The summed E-state index contributed by atoms with van der Waals surface area (Å²) in [6, 6.07) is 23.2. The molecule has 2 N–H and O–H groups in total.